The van der Waals surface area contributed by atoms with Crippen LogP contribution in [-0.2, 0) is 14.4 Å². The molecule has 1 aliphatic rings. The highest BCUT2D eigenvalue weighted by atomic mass is 16.7. The summed E-state index contributed by atoms with van der Waals surface area (Å²) in [6.45, 7) is 8.12. The molecule has 1 aromatic carbocycles. The Kier molecular flexibility index (Phi) is 6.05. The van der Waals surface area contributed by atoms with Gasteiger partial charge in [-0.05, 0) is 45.7 Å². The molecular formula is C20H26N4O5. The van der Waals surface area contributed by atoms with E-state index in [1.54, 1.807) is 30.0 Å². The molecule has 0 radical (unpaired) electrons. The molecule has 29 heavy (non-hydrogen) atoms. The predicted molar refractivity (Wildman–Crippen MR) is 105 cm³/mol. The molecule has 1 aromatic heterocycles. The van der Waals surface area contributed by atoms with Gasteiger partial charge in [-0.2, -0.15) is 4.98 Å². The van der Waals surface area contributed by atoms with Crippen molar-refractivity contribution >= 4 is 17.7 Å². The van der Waals surface area contributed by atoms with Crippen molar-refractivity contribution in [2.45, 2.75) is 46.1 Å². The molecule has 156 valence electrons. The van der Waals surface area contributed by atoms with Gasteiger partial charge in [0.25, 0.3) is 0 Å². The smallest absolute Gasteiger partial charge is 0.410 e. The van der Waals surface area contributed by atoms with Crippen molar-refractivity contribution in [1.82, 2.24) is 15.0 Å². The van der Waals surface area contributed by atoms with Crippen molar-refractivity contribution in [3.05, 3.63) is 30.2 Å². The number of hydrogen-bond donors (Lipinski definition) is 1. The van der Waals surface area contributed by atoms with Gasteiger partial charge < -0.3 is 19.0 Å². The summed E-state index contributed by atoms with van der Waals surface area (Å²) in [5, 5.41) is 3.88. The molecule has 3 rings (SSSR count). The van der Waals surface area contributed by atoms with E-state index in [2.05, 4.69) is 15.6 Å². The molecule has 0 aliphatic carbocycles. The molecule has 1 N–H and O–H groups in total. The number of carbonyl (C=O) groups is 2. The molecule has 2 heterocycles. The molecule has 0 saturated carbocycles. The van der Waals surface area contributed by atoms with E-state index < -0.39 is 5.60 Å². The van der Waals surface area contributed by atoms with Crippen molar-refractivity contribution in [1.29, 1.82) is 0 Å². The molecule has 1 fully saturated rings. The molecule has 0 unspecified atom stereocenters. The largest absolute Gasteiger partial charge is 0.444 e. The van der Waals surface area contributed by atoms with Gasteiger partial charge in [0, 0.05) is 25.6 Å². The molecule has 0 atom stereocenters. The Morgan fingerprint density at radius 2 is 1.97 bits per heavy atom. The summed E-state index contributed by atoms with van der Waals surface area (Å²) in [5.41, 5.74) is 3.49. The third-order valence-electron chi connectivity index (χ3n) is 4.40. The van der Waals surface area contributed by atoms with Gasteiger partial charge in [0.05, 0.1) is 11.6 Å². The van der Waals surface area contributed by atoms with Crippen LogP contribution in [0.4, 0.5) is 10.5 Å². The number of aromatic nitrogens is 2. The topological polar surface area (TPSA) is 107 Å². The number of amides is 1. The van der Waals surface area contributed by atoms with E-state index in [0.717, 1.165) is 5.56 Å². The molecule has 0 bridgehead atoms. The van der Waals surface area contributed by atoms with Crippen LogP contribution in [0.25, 0.3) is 11.4 Å². The molecule has 1 aliphatic heterocycles. The number of piperidine rings is 1. The number of rotatable bonds is 4. The summed E-state index contributed by atoms with van der Waals surface area (Å²) < 4.78 is 10.4. The fourth-order valence-corrected chi connectivity index (χ4v) is 2.96. The van der Waals surface area contributed by atoms with Crippen molar-refractivity contribution < 1.29 is 23.7 Å². The first-order valence-corrected chi connectivity index (χ1v) is 9.56. The van der Waals surface area contributed by atoms with Crippen LogP contribution in [0.2, 0.25) is 0 Å². The molecule has 9 heteroatoms. The lowest BCUT2D eigenvalue weighted by atomic mass is 9.97. The summed E-state index contributed by atoms with van der Waals surface area (Å²) >= 11 is 0. The minimum atomic E-state index is -0.536. The molecule has 9 nitrogen and oxygen atoms in total. The number of nitrogens with zero attached hydrogens (tertiary/aromatic N) is 3. The van der Waals surface area contributed by atoms with Crippen molar-refractivity contribution in [2.24, 2.45) is 5.92 Å². The zero-order valence-corrected chi connectivity index (χ0v) is 17.1. The average molecular weight is 402 g/mol. The van der Waals surface area contributed by atoms with Gasteiger partial charge in [0.1, 0.15) is 5.60 Å². The third kappa shape index (κ3) is 5.69. The number of nitrogens with one attached hydrogen (secondary N) is 1. The normalized spacial score (nSPS) is 15.1. The number of carbonyl (C=O) groups excluding carboxylic acids is 2. The van der Waals surface area contributed by atoms with Crippen molar-refractivity contribution in [3.63, 3.8) is 0 Å². The fraction of sp³-hybridized carbons (Fsp3) is 0.500. The summed E-state index contributed by atoms with van der Waals surface area (Å²) in [6.07, 6.45) is 0.708. The lowest BCUT2D eigenvalue weighted by Gasteiger charge is -2.32. The van der Waals surface area contributed by atoms with Crippen molar-refractivity contribution in [3.8, 4) is 11.4 Å². The molecule has 2 aromatic rings. The Bertz CT molecular complexity index is 866. The van der Waals surface area contributed by atoms with Crippen molar-refractivity contribution in [2.75, 3.05) is 18.6 Å². The first kappa shape index (κ1) is 20.6. The first-order valence-electron chi connectivity index (χ1n) is 9.56. The highest BCUT2D eigenvalue weighted by Gasteiger charge is 2.31. The molecule has 1 amide bonds. The minimum Gasteiger partial charge on any atom is -0.444 e. The quantitative estimate of drug-likeness (QED) is 0.774. The molecule has 1 saturated heterocycles. The summed E-state index contributed by atoms with van der Waals surface area (Å²) in [5.74, 6) is 0.313. The van der Waals surface area contributed by atoms with E-state index in [0.29, 0.717) is 43.3 Å². The Balaban J connectivity index is 1.49. The monoisotopic (exact) mass is 402 g/mol. The van der Waals surface area contributed by atoms with Crippen LogP contribution in [0.15, 0.2) is 28.8 Å². The van der Waals surface area contributed by atoms with Crippen LogP contribution < -0.4 is 5.48 Å². The Labute approximate surface area is 169 Å². The zero-order valence-electron chi connectivity index (χ0n) is 17.1. The summed E-state index contributed by atoms with van der Waals surface area (Å²) in [6, 6.07) is 7.18. The van der Waals surface area contributed by atoms with E-state index in [4.69, 9.17) is 14.1 Å². The lowest BCUT2D eigenvalue weighted by molar-refractivity contribution is -0.147. The highest BCUT2D eigenvalue weighted by Crippen LogP contribution is 2.23. The number of aryl methyl sites for hydroxylation is 1. The SMILES string of the molecule is Cc1nc(-c2cccc(NOC(=O)C3CCN(C(=O)OC(C)(C)C)CC3)c2)no1. The first-order chi connectivity index (χ1) is 13.7. The number of hydrogen-bond acceptors (Lipinski definition) is 8. The third-order valence-corrected chi connectivity index (χ3v) is 4.40. The maximum absolute atomic E-state index is 12.4. The van der Waals surface area contributed by atoms with Crippen LogP contribution in [0, 0.1) is 12.8 Å². The van der Waals surface area contributed by atoms with Gasteiger partial charge in [-0.15, -0.1) is 0 Å². The average Bonchev–Trinajstić information content (AvgIpc) is 3.11. The van der Waals surface area contributed by atoms with E-state index in [1.165, 1.54) is 0 Å². The fourth-order valence-electron chi connectivity index (χ4n) is 2.96. The van der Waals surface area contributed by atoms with Gasteiger partial charge in [0.15, 0.2) is 0 Å². The van der Waals surface area contributed by atoms with E-state index in [-0.39, 0.29) is 18.0 Å². The second-order valence-electron chi connectivity index (χ2n) is 7.98. The number of benzene rings is 1. The molecule has 0 spiro atoms. The second kappa shape index (κ2) is 8.50. The Morgan fingerprint density at radius 3 is 2.59 bits per heavy atom. The number of anilines is 1. The maximum atomic E-state index is 12.4. The zero-order chi connectivity index (χ0) is 21.0. The Morgan fingerprint density at radius 1 is 1.24 bits per heavy atom. The van der Waals surface area contributed by atoms with E-state index >= 15 is 0 Å². The summed E-state index contributed by atoms with van der Waals surface area (Å²) in [4.78, 5) is 35.5. The van der Waals surface area contributed by atoms with Gasteiger partial charge in [0.2, 0.25) is 11.7 Å². The van der Waals surface area contributed by atoms with Crippen LogP contribution >= 0.6 is 0 Å². The number of likely N-dealkylation sites (tertiary alicyclic amines) is 1. The second-order valence-corrected chi connectivity index (χ2v) is 7.98. The van der Waals surface area contributed by atoms with Gasteiger partial charge in [-0.1, -0.05) is 17.3 Å². The lowest BCUT2D eigenvalue weighted by Crippen LogP contribution is -2.43. The molecular weight excluding hydrogens is 376 g/mol. The highest BCUT2D eigenvalue weighted by molar-refractivity contribution is 5.75. The maximum Gasteiger partial charge on any atom is 0.410 e. The summed E-state index contributed by atoms with van der Waals surface area (Å²) in [7, 11) is 0. The van der Waals surface area contributed by atoms with Crippen LogP contribution in [0.1, 0.15) is 39.5 Å². The van der Waals surface area contributed by atoms with Gasteiger partial charge >= 0.3 is 12.1 Å². The number of ether oxygens (including phenoxy) is 1. The Hall–Kier alpha value is -3.10. The van der Waals surface area contributed by atoms with E-state index in [9.17, 15) is 9.59 Å². The van der Waals surface area contributed by atoms with E-state index in [1.807, 2.05) is 26.8 Å². The minimum absolute atomic E-state index is 0.274. The van der Waals surface area contributed by atoms with Crippen LogP contribution in [0.3, 0.4) is 0 Å². The van der Waals surface area contributed by atoms with Crippen LogP contribution in [-0.4, -0.2) is 45.8 Å². The van der Waals surface area contributed by atoms with Gasteiger partial charge in [-0.25, -0.2) is 15.1 Å². The predicted octanol–water partition coefficient (Wildman–Crippen LogP) is 3.56. The van der Waals surface area contributed by atoms with Gasteiger partial charge in [-0.3, -0.25) is 0 Å². The van der Waals surface area contributed by atoms with Crippen LogP contribution in [0.5, 0.6) is 0 Å². The standard InChI is InChI=1S/C20H26N4O5/c1-13-21-17(23-28-13)15-6-5-7-16(12-15)22-29-18(25)14-8-10-24(11-9-14)19(26)27-20(2,3)4/h5-7,12,14,22H,8-11H2,1-4H3.